The molecule has 16 N–H and O–H groups in total. The fourth-order valence-electron chi connectivity index (χ4n) is 5.09. The smallest absolute Gasteiger partial charge is 0.346 e. The van der Waals surface area contributed by atoms with Crippen molar-refractivity contribution in [3.05, 3.63) is 142 Å². The zero-order valence-corrected chi connectivity index (χ0v) is 40.8. The van der Waals surface area contributed by atoms with Gasteiger partial charge in [0.05, 0.1) is 22.3 Å². The highest BCUT2D eigenvalue weighted by Crippen LogP contribution is 2.14. The fraction of sp³-hybridized carbons (Fsp3) is 0.250. The van der Waals surface area contributed by atoms with Gasteiger partial charge in [-0.05, 0) is 74.2 Å². The van der Waals surface area contributed by atoms with Crippen molar-refractivity contribution in [3.8, 4) is 0 Å². The minimum absolute atomic E-state index is 0. The molecule has 0 aromatic heterocycles. The van der Waals surface area contributed by atoms with Gasteiger partial charge in [-0.15, -0.1) is 0 Å². The number of carbonyl (C=O) groups is 12. The van der Waals surface area contributed by atoms with Crippen LogP contribution in [0.2, 0.25) is 0 Å². The second kappa shape index (κ2) is 33.8. The molecule has 0 amide bonds. The van der Waals surface area contributed by atoms with E-state index in [1.807, 2.05) is 0 Å². The molecule has 424 valence electrons. The molecule has 0 fully saturated rings. The quantitative estimate of drug-likeness (QED) is 0.0292. The first kappa shape index (κ1) is 71.0. The van der Waals surface area contributed by atoms with Crippen molar-refractivity contribution in [1.29, 1.82) is 0 Å². The van der Waals surface area contributed by atoms with Crippen LogP contribution in [-0.2, 0) is 57.3 Å². The second-order valence-corrected chi connectivity index (χ2v) is 15.0. The van der Waals surface area contributed by atoms with Gasteiger partial charge in [0.15, 0.2) is 48.8 Å². The molecule has 30 nitrogen and oxygen atoms in total. The van der Waals surface area contributed by atoms with Crippen LogP contribution >= 0.6 is 0 Å². The average molecular weight is 1110 g/mol. The third-order valence-corrected chi connectivity index (χ3v) is 9.41. The Morgan fingerprint density at radius 3 is 0.551 bits per heavy atom. The molecule has 30 heteroatoms. The van der Waals surface area contributed by atoms with Gasteiger partial charge in [0.25, 0.3) is 0 Å². The number of benzene rings is 4. The summed E-state index contributed by atoms with van der Waals surface area (Å²) in [6.07, 6.45) is -18.7. The lowest BCUT2D eigenvalue weighted by molar-refractivity contribution is -0.166. The minimum atomic E-state index is -2.35. The number of esters is 8. The molecule has 0 radical (unpaired) electrons. The molecule has 4 aromatic carbocycles. The Morgan fingerprint density at radius 1 is 0.282 bits per heavy atom. The van der Waals surface area contributed by atoms with Crippen LogP contribution in [0.3, 0.4) is 0 Å². The molecule has 4 aromatic rings. The number of hydrogen-bond acceptors (Lipinski definition) is 24. The highest BCUT2D eigenvalue weighted by Gasteiger charge is 2.36. The highest BCUT2D eigenvalue weighted by atomic mass is 16.6. The fourth-order valence-corrected chi connectivity index (χ4v) is 5.09. The maximum absolute atomic E-state index is 11.6. The topological polar surface area (TPSA) is 548 Å². The predicted octanol–water partition coefficient (Wildman–Crippen LogP) is -3.71. The van der Waals surface area contributed by atoms with E-state index in [9.17, 15) is 57.5 Å². The number of carboxylic acids is 4. The van der Waals surface area contributed by atoms with Gasteiger partial charge in [-0.25, -0.2) is 57.5 Å². The third kappa shape index (κ3) is 22.0. The Bertz CT molecular complexity index is 2410. The van der Waals surface area contributed by atoms with Crippen molar-refractivity contribution in [2.75, 3.05) is 0 Å². The summed E-state index contributed by atoms with van der Waals surface area (Å²) in [7, 11) is 0. The summed E-state index contributed by atoms with van der Waals surface area (Å²) in [5.41, 5.74) is 2.62. The zero-order chi connectivity index (χ0) is 58.3. The Kier molecular flexibility index (Phi) is 30.7. The van der Waals surface area contributed by atoms with Gasteiger partial charge in [-0.3, -0.25) is 0 Å². The molecule has 4 rings (SSSR count). The van der Waals surface area contributed by atoms with E-state index in [2.05, 4.69) is 18.9 Å². The first-order valence-corrected chi connectivity index (χ1v) is 21.0. The molecule has 78 heavy (non-hydrogen) atoms. The lowest BCUT2D eigenvalue weighted by Gasteiger charge is -2.12. The van der Waals surface area contributed by atoms with E-state index >= 15 is 0 Å². The Hall–Kier alpha value is -9.08. The van der Waals surface area contributed by atoms with E-state index in [1.165, 1.54) is 24.3 Å². The largest absolute Gasteiger partial charge is 0.479 e. The summed E-state index contributed by atoms with van der Waals surface area (Å²) < 4.78 is 17.2. The summed E-state index contributed by atoms with van der Waals surface area (Å²) >= 11 is 0. The van der Waals surface area contributed by atoms with Crippen LogP contribution in [0.15, 0.2) is 97.1 Å². The summed E-state index contributed by atoms with van der Waals surface area (Å²) in [5, 5.41) is 106. The van der Waals surface area contributed by atoms with Gasteiger partial charge in [-0.2, -0.15) is 0 Å². The van der Waals surface area contributed by atoms with Crippen molar-refractivity contribution in [2.24, 2.45) is 0 Å². The average Bonchev–Trinajstić information content (AvgIpc) is 3.37. The van der Waals surface area contributed by atoms with E-state index in [0.29, 0.717) is 22.3 Å². The minimum Gasteiger partial charge on any atom is -0.479 e. The number of carboxylic acid groups (broad SMARTS) is 4. The van der Waals surface area contributed by atoms with Crippen LogP contribution in [0.25, 0.3) is 0 Å². The lowest BCUT2D eigenvalue weighted by atomic mass is 10.1. The van der Waals surface area contributed by atoms with Crippen LogP contribution in [-0.4, -0.2) is 193 Å². The summed E-state index contributed by atoms with van der Waals surface area (Å²) in [6.45, 7) is 6.46. The third-order valence-electron chi connectivity index (χ3n) is 9.41. The number of aliphatic carboxylic acids is 4. The van der Waals surface area contributed by atoms with Gasteiger partial charge >= 0.3 is 71.6 Å². The Labute approximate surface area is 437 Å². The van der Waals surface area contributed by atoms with Gasteiger partial charge in [-0.1, -0.05) is 72.8 Å². The number of aryl methyl sites for hydroxylation is 4. The van der Waals surface area contributed by atoms with Crippen molar-refractivity contribution in [3.63, 3.8) is 0 Å². The van der Waals surface area contributed by atoms with E-state index in [4.69, 9.17) is 61.3 Å². The molecular formula is C48H52O30. The molecule has 8 atom stereocenters. The van der Waals surface area contributed by atoms with Crippen molar-refractivity contribution >= 4 is 71.6 Å². The molecule has 0 saturated carbocycles. The monoisotopic (exact) mass is 1110 g/mol. The number of aliphatic hydroxyl groups is 8. The van der Waals surface area contributed by atoms with Crippen molar-refractivity contribution in [1.82, 2.24) is 0 Å². The molecule has 0 aliphatic carbocycles. The SMILES string of the molecule is Cc1ccccc1C(=O)OC(=O)C(O)C(O)C(=O)O.Cc1ccccc1C(=O)OC(=O)C(O)C(O)C(=O)O.Cc1ccccc1C(=O)OC(=O)C(O)C(O)C(=O)O.Cc1ccccc1C(=O)OC(=O)C(O)C(O)C(=O)O.O.O. The molecule has 0 aliphatic rings. The number of ether oxygens (including phenoxy) is 4. The lowest BCUT2D eigenvalue weighted by Crippen LogP contribution is -2.41. The second-order valence-electron chi connectivity index (χ2n) is 15.0. The normalized spacial score (nSPS) is 13.1. The highest BCUT2D eigenvalue weighted by molar-refractivity contribution is 6.02. The number of hydrogen-bond donors (Lipinski definition) is 12. The van der Waals surface area contributed by atoms with Crippen molar-refractivity contribution in [2.45, 2.75) is 76.5 Å². The van der Waals surface area contributed by atoms with E-state index < -0.39 is 120 Å². The van der Waals surface area contributed by atoms with Crippen LogP contribution in [0.1, 0.15) is 63.7 Å². The molecular weight excluding hydrogens is 1060 g/mol. The first-order valence-electron chi connectivity index (χ1n) is 21.0. The van der Waals surface area contributed by atoms with Gasteiger partial charge in [0.1, 0.15) is 0 Å². The van der Waals surface area contributed by atoms with Crippen LogP contribution in [0.5, 0.6) is 0 Å². The Balaban J connectivity index is 0. The summed E-state index contributed by atoms with van der Waals surface area (Å²) in [4.78, 5) is 133. The molecule has 8 unspecified atom stereocenters. The maximum atomic E-state index is 11.6. The first-order chi connectivity index (χ1) is 35.4. The van der Waals surface area contributed by atoms with Crippen LogP contribution < -0.4 is 0 Å². The van der Waals surface area contributed by atoms with E-state index in [-0.39, 0.29) is 33.2 Å². The Morgan fingerprint density at radius 2 is 0.423 bits per heavy atom. The zero-order valence-electron chi connectivity index (χ0n) is 40.8. The van der Waals surface area contributed by atoms with E-state index in [0.717, 1.165) is 0 Å². The molecule has 0 aliphatic heterocycles. The standard InChI is InChI=1S/4C12H12O7.2H2O/c4*1-6-4-2-3-5-7(6)11(17)19-12(18)9(14)8(13)10(15)16;;/h4*2-5,8-9,13-14H,1H3,(H,15,16);2*1H2. The molecule has 0 saturated heterocycles. The summed E-state index contributed by atoms with van der Waals surface area (Å²) in [5.74, 6) is -17.4. The molecule has 0 spiro atoms. The van der Waals surface area contributed by atoms with Gasteiger partial charge < -0.3 is 91.2 Å². The summed E-state index contributed by atoms with van der Waals surface area (Å²) in [6, 6.07) is 25.0. The van der Waals surface area contributed by atoms with Crippen molar-refractivity contribution < 1.29 is 149 Å². The number of rotatable bonds is 16. The molecule has 0 bridgehead atoms. The van der Waals surface area contributed by atoms with Crippen LogP contribution in [0, 0.1) is 27.7 Å². The number of aliphatic hydroxyl groups excluding tert-OH is 8. The van der Waals surface area contributed by atoms with Gasteiger partial charge in [0, 0.05) is 0 Å². The van der Waals surface area contributed by atoms with Crippen LogP contribution in [0.4, 0.5) is 0 Å². The molecule has 0 heterocycles. The predicted molar refractivity (Wildman–Crippen MR) is 252 cm³/mol. The number of carbonyl (C=O) groups excluding carboxylic acids is 8. The van der Waals surface area contributed by atoms with E-state index in [1.54, 1.807) is 100 Å². The van der Waals surface area contributed by atoms with Gasteiger partial charge in [0.2, 0.25) is 0 Å². The maximum Gasteiger partial charge on any atom is 0.346 e.